The lowest BCUT2D eigenvalue weighted by atomic mass is 9.86. The van der Waals surface area contributed by atoms with Gasteiger partial charge in [0.1, 0.15) is 11.2 Å². The van der Waals surface area contributed by atoms with E-state index in [-0.39, 0.29) is 12.0 Å². The van der Waals surface area contributed by atoms with Gasteiger partial charge in [0.15, 0.2) is 17.5 Å². The lowest BCUT2D eigenvalue weighted by Gasteiger charge is -2.29. The highest BCUT2D eigenvalue weighted by molar-refractivity contribution is 6.14. The summed E-state index contributed by atoms with van der Waals surface area (Å²) in [6.07, 6.45) is 19.2. The summed E-state index contributed by atoms with van der Waals surface area (Å²) in [5.41, 5.74) is 31.3. The minimum Gasteiger partial charge on any atom is -0.333 e. The first-order valence-electron chi connectivity index (χ1n) is 32.4. The second kappa shape index (κ2) is 22.0. The molecule has 95 heavy (non-hydrogen) atoms. The summed E-state index contributed by atoms with van der Waals surface area (Å²) in [5.74, 6) is 1.94. The minimum atomic E-state index is 0.180. The molecule has 0 radical (unpaired) electrons. The van der Waals surface area contributed by atoms with Crippen LogP contribution in [-0.4, -0.2) is 34.7 Å². The molecule has 7 heteroatoms. The lowest BCUT2D eigenvalue weighted by Crippen LogP contribution is -2.28. The first-order chi connectivity index (χ1) is 47.1. The Balaban J connectivity index is 0.733. The van der Waals surface area contributed by atoms with Crippen molar-refractivity contribution >= 4 is 94.4 Å². The number of benzene rings is 10. The fourth-order valence-electron chi connectivity index (χ4n) is 15.0. The number of fused-ring (bicyclic) bond motifs is 12. The van der Waals surface area contributed by atoms with E-state index in [4.69, 9.17) is 15.0 Å². The molecule has 0 fully saturated rings. The molecule has 2 atom stereocenters. The number of anilines is 2. The Kier molecular flexibility index (Phi) is 12.5. The van der Waals surface area contributed by atoms with E-state index in [0.717, 1.165) is 112 Å². The van der Waals surface area contributed by atoms with Crippen LogP contribution in [0.1, 0.15) is 39.4 Å². The third-order valence-electron chi connectivity index (χ3n) is 19.4. The number of para-hydroxylation sites is 5. The zero-order chi connectivity index (χ0) is 62.5. The molecule has 0 N–H and O–H groups in total. The van der Waals surface area contributed by atoms with Gasteiger partial charge in [-0.2, -0.15) is 0 Å². The van der Waals surface area contributed by atoms with Gasteiger partial charge in [0, 0.05) is 83.4 Å². The van der Waals surface area contributed by atoms with E-state index in [2.05, 4.69) is 315 Å². The van der Waals surface area contributed by atoms with Crippen molar-refractivity contribution in [2.24, 2.45) is 0 Å². The molecule has 0 saturated carbocycles. The average Bonchev–Trinajstić information content (AvgIpc) is 1.61. The Morgan fingerprint density at radius 3 is 1.88 bits per heavy atom. The molecule has 15 aromatic rings. The molecule has 0 spiro atoms. The number of allylic oxidation sites excluding steroid dienone is 9. The van der Waals surface area contributed by atoms with Crippen LogP contribution in [0.3, 0.4) is 0 Å². The molecule has 4 aliphatic rings. The number of hydrogen-bond donors (Lipinski definition) is 0. The van der Waals surface area contributed by atoms with E-state index < -0.39 is 0 Å². The number of nitrogens with zero attached hydrogens (tertiary/aromatic N) is 7. The quantitative estimate of drug-likeness (QED) is 0.128. The molecule has 1 aliphatic heterocycles. The summed E-state index contributed by atoms with van der Waals surface area (Å²) in [6.45, 7) is 0. The van der Waals surface area contributed by atoms with Gasteiger partial charge in [0.25, 0.3) is 0 Å². The highest BCUT2D eigenvalue weighted by Gasteiger charge is 2.38. The van der Waals surface area contributed by atoms with E-state index >= 15 is 0 Å². The van der Waals surface area contributed by atoms with Crippen molar-refractivity contribution in [3.05, 3.63) is 360 Å². The summed E-state index contributed by atoms with van der Waals surface area (Å²) in [6, 6.07) is 99.7. The van der Waals surface area contributed by atoms with Crippen LogP contribution in [0.4, 0.5) is 11.4 Å². The minimum absolute atomic E-state index is 0.180. The Hall–Kier alpha value is -12.8. The number of aromatic nitrogens is 6. The second-order valence-corrected chi connectivity index (χ2v) is 24.7. The van der Waals surface area contributed by atoms with Crippen LogP contribution in [0, 0.1) is 12.1 Å². The molecule has 0 saturated heterocycles. The molecule has 442 valence electrons. The maximum absolute atomic E-state index is 5.26. The highest BCUT2D eigenvalue weighted by atomic mass is 15.2. The van der Waals surface area contributed by atoms with E-state index in [1.807, 2.05) is 36.4 Å². The van der Waals surface area contributed by atoms with Gasteiger partial charge in [0.05, 0.1) is 33.8 Å². The fourth-order valence-corrected chi connectivity index (χ4v) is 15.0. The molecule has 0 amide bonds. The molecule has 5 heterocycles. The smallest absolute Gasteiger partial charge is 0.164 e. The zero-order valence-electron chi connectivity index (χ0n) is 51.4. The van der Waals surface area contributed by atoms with Gasteiger partial charge in [-0.1, -0.05) is 224 Å². The average molecular weight is 1210 g/mol. The van der Waals surface area contributed by atoms with Gasteiger partial charge in [-0.15, -0.1) is 0 Å². The first kappa shape index (κ1) is 54.0. The van der Waals surface area contributed by atoms with Crippen molar-refractivity contribution in [3.63, 3.8) is 0 Å². The third-order valence-corrected chi connectivity index (χ3v) is 19.4. The first-order valence-corrected chi connectivity index (χ1v) is 32.4. The summed E-state index contributed by atoms with van der Waals surface area (Å²) in [7, 11) is 0. The van der Waals surface area contributed by atoms with Crippen molar-refractivity contribution < 1.29 is 0 Å². The van der Waals surface area contributed by atoms with Gasteiger partial charge < -0.3 is 18.6 Å². The van der Waals surface area contributed by atoms with Crippen molar-refractivity contribution in [1.82, 2.24) is 28.7 Å². The molecule has 2 unspecified atom stereocenters. The van der Waals surface area contributed by atoms with Crippen LogP contribution in [0.25, 0.3) is 129 Å². The van der Waals surface area contributed by atoms with E-state index in [1.165, 1.54) is 44.4 Å². The van der Waals surface area contributed by atoms with Gasteiger partial charge in [0.2, 0.25) is 0 Å². The number of rotatable bonds is 10. The molecular formula is C88H55N7. The molecule has 19 rings (SSSR count). The highest BCUT2D eigenvalue weighted by Crippen LogP contribution is 2.50. The summed E-state index contributed by atoms with van der Waals surface area (Å²) >= 11 is 0. The Morgan fingerprint density at radius 2 is 1.06 bits per heavy atom. The van der Waals surface area contributed by atoms with Crippen LogP contribution < -0.4 is 4.90 Å². The van der Waals surface area contributed by atoms with Crippen LogP contribution >= 0.6 is 0 Å². The topological polar surface area (TPSA) is 56.7 Å². The Labute approximate surface area is 549 Å². The van der Waals surface area contributed by atoms with Crippen molar-refractivity contribution in [3.8, 4) is 45.5 Å². The molecule has 11 aromatic carbocycles. The predicted octanol–water partition coefficient (Wildman–Crippen LogP) is 20.8. The zero-order valence-corrected chi connectivity index (χ0v) is 51.4. The van der Waals surface area contributed by atoms with Crippen molar-refractivity contribution in [2.75, 3.05) is 4.90 Å². The van der Waals surface area contributed by atoms with E-state index in [9.17, 15) is 0 Å². The molecule has 0 bridgehead atoms. The molecule has 3 aliphatic carbocycles. The molecular weight excluding hydrogens is 1160 g/mol. The van der Waals surface area contributed by atoms with Crippen molar-refractivity contribution in [2.45, 2.75) is 18.4 Å². The number of hydrogen-bond acceptors (Lipinski definition) is 4. The maximum Gasteiger partial charge on any atom is 0.164 e. The third kappa shape index (κ3) is 8.90. The predicted molar refractivity (Wildman–Crippen MR) is 390 cm³/mol. The van der Waals surface area contributed by atoms with E-state index in [0.29, 0.717) is 17.5 Å². The van der Waals surface area contributed by atoms with Crippen LogP contribution in [-0.2, 0) is 6.42 Å². The Bertz CT molecular complexity index is 5900. The largest absolute Gasteiger partial charge is 0.333 e. The standard InChI is InChI=1S/C88H55N7/c1-5-22-58(23-6-1)86-89-87(91-88(90-86)64-24-21-29-67(52-64)94-77-36-17-13-31-68(77)69-32-14-18-37-78(69)94)59-42-40-57(41-43-59)60-45-49-82(95-80-35-12-4-11-30-70(80)71-33-15-20-39-81(71)95)74(53-60)63-47-51-84-76(55-63)73-48-44-62(56-85(73)93(84)66-27-9-3-10-28-66)61-46-50-83-75(54-61)72-34-16-19-38-79(72)92(83)65-25-7-2-8-26-65/h1-17,19-29,31-36,38-44,46-48,50-56,75,83H,30H2. The lowest BCUT2D eigenvalue weighted by molar-refractivity contribution is 0.747. The maximum atomic E-state index is 5.26. The summed E-state index contributed by atoms with van der Waals surface area (Å²) in [5, 5.41) is 5.85. The summed E-state index contributed by atoms with van der Waals surface area (Å²) in [4.78, 5) is 18.1. The fraction of sp³-hybridized carbons (Fsp3) is 0.0341. The van der Waals surface area contributed by atoms with Gasteiger partial charge in [-0.05, 0) is 149 Å². The van der Waals surface area contributed by atoms with Crippen LogP contribution in [0.5, 0.6) is 0 Å². The van der Waals surface area contributed by atoms with Gasteiger partial charge >= 0.3 is 0 Å². The van der Waals surface area contributed by atoms with Gasteiger partial charge in [-0.25, -0.2) is 15.0 Å². The SMILES string of the molecule is C1=C=C(n2c3c(c4ccccc42)CC=CC=C3)C(c2ccc3c(c2)c2ccc(C4=CC5c6ccccc6N(c6ccccc6)C5C=C4)cc2n3-c2ccccc2)=CC=1c1ccc(-c2nc(-c3ccccc3)nc(-c3cccc(-n4c5c#cccc5c5ccccc54)c3)n2)cc1. The van der Waals surface area contributed by atoms with Crippen molar-refractivity contribution in [1.29, 1.82) is 0 Å². The van der Waals surface area contributed by atoms with Crippen LogP contribution in [0.2, 0.25) is 0 Å². The monoisotopic (exact) mass is 1210 g/mol. The Morgan fingerprint density at radius 1 is 0.421 bits per heavy atom. The normalized spacial score (nSPS) is 15.4. The van der Waals surface area contributed by atoms with E-state index in [1.54, 1.807) is 0 Å². The second-order valence-electron chi connectivity index (χ2n) is 24.7. The molecule has 4 aromatic heterocycles. The molecule has 7 nitrogen and oxygen atoms in total. The summed E-state index contributed by atoms with van der Waals surface area (Å²) < 4.78 is 7.08. The van der Waals surface area contributed by atoms with Gasteiger partial charge in [-0.3, -0.25) is 0 Å². The van der Waals surface area contributed by atoms with Crippen LogP contribution in [0.15, 0.2) is 315 Å².